The Labute approximate surface area is 108 Å². The van der Waals surface area contributed by atoms with Gasteiger partial charge in [0.25, 0.3) is 0 Å². The van der Waals surface area contributed by atoms with E-state index in [1.54, 1.807) is 39.2 Å². The third-order valence-corrected chi connectivity index (χ3v) is 2.52. The lowest BCUT2D eigenvalue weighted by molar-refractivity contribution is -0.130. The molecule has 1 aromatic carbocycles. The van der Waals surface area contributed by atoms with E-state index in [1.165, 1.54) is 0 Å². The van der Waals surface area contributed by atoms with Crippen LogP contribution in [-0.4, -0.2) is 13.1 Å². The SMILES string of the molecule is CC=Cc1cc(OC)ccc1OC(=O)C(C)=CC. The predicted molar refractivity (Wildman–Crippen MR) is 72.8 cm³/mol. The van der Waals surface area contributed by atoms with Crippen LogP contribution in [0.4, 0.5) is 0 Å². The molecule has 0 amide bonds. The predicted octanol–water partition coefficient (Wildman–Crippen LogP) is 3.60. The molecule has 0 fully saturated rings. The summed E-state index contributed by atoms with van der Waals surface area (Å²) in [5.74, 6) is 0.916. The van der Waals surface area contributed by atoms with Gasteiger partial charge in [-0.05, 0) is 39.0 Å². The van der Waals surface area contributed by atoms with Crippen LogP contribution >= 0.6 is 0 Å². The second kappa shape index (κ2) is 6.64. The van der Waals surface area contributed by atoms with Crippen molar-refractivity contribution in [2.24, 2.45) is 0 Å². The lowest BCUT2D eigenvalue weighted by atomic mass is 10.1. The minimum atomic E-state index is -0.339. The minimum Gasteiger partial charge on any atom is -0.497 e. The maximum atomic E-state index is 11.7. The number of benzene rings is 1. The lowest BCUT2D eigenvalue weighted by Gasteiger charge is -2.09. The quantitative estimate of drug-likeness (QED) is 0.462. The van der Waals surface area contributed by atoms with Crippen LogP contribution in [0.25, 0.3) is 6.08 Å². The molecule has 3 nitrogen and oxygen atoms in total. The fourth-order valence-electron chi connectivity index (χ4n) is 1.35. The van der Waals surface area contributed by atoms with E-state index in [9.17, 15) is 4.79 Å². The topological polar surface area (TPSA) is 35.5 Å². The number of carbonyl (C=O) groups excluding carboxylic acids is 1. The molecule has 3 heteroatoms. The maximum absolute atomic E-state index is 11.7. The molecule has 0 aliphatic carbocycles. The maximum Gasteiger partial charge on any atom is 0.338 e. The molecule has 0 aliphatic heterocycles. The normalized spacial score (nSPS) is 11.7. The Morgan fingerprint density at radius 3 is 2.56 bits per heavy atom. The second-order valence-electron chi connectivity index (χ2n) is 3.76. The van der Waals surface area contributed by atoms with Crippen LogP contribution in [0.15, 0.2) is 35.9 Å². The second-order valence-corrected chi connectivity index (χ2v) is 3.76. The van der Waals surface area contributed by atoms with Gasteiger partial charge in [0, 0.05) is 11.1 Å². The highest BCUT2D eigenvalue weighted by molar-refractivity contribution is 5.90. The Morgan fingerprint density at radius 2 is 2.00 bits per heavy atom. The molecule has 0 saturated carbocycles. The van der Waals surface area contributed by atoms with Crippen LogP contribution in [0.5, 0.6) is 11.5 Å². The van der Waals surface area contributed by atoms with Gasteiger partial charge in [-0.1, -0.05) is 18.2 Å². The molecule has 0 aromatic heterocycles. The van der Waals surface area contributed by atoms with Gasteiger partial charge in [-0.3, -0.25) is 0 Å². The molecule has 96 valence electrons. The number of methoxy groups -OCH3 is 1. The van der Waals surface area contributed by atoms with Crippen molar-refractivity contribution in [1.82, 2.24) is 0 Å². The summed E-state index contributed by atoms with van der Waals surface area (Å²) in [6.45, 7) is 5.43. The zero-order valence-electron chi connectivity index (χ0n) is 11.2. The van der Waals surface area contributed by atoms with Gasteiger partial charge >= 0.3 is 5.97 Å². The van der Waals surface area contributed by atoms with E-state index >= 15 is 0 Å². The van der Waals surface area contributed by atoms with Gasteiger partial charge in [0.05, 0.1) is 7.11 Å². The first-order valence-corrected chi connectivity index (χ1v) is 5.78. The van der Waals surface area contributed by atoms with E-state index in [-0.39, 0.29) is 5.97 Å². The Balaban J connectivity index is 3.05. The number of rotatable bonds is 4. The summed E-state index contributed by atoms with van der Waals surface area (Å²) in [4.78, 5) is 11.7. The molecule has 0 aliphatic rings. The molecule has 18 heavy (non-hydrogen) atoms. The summed E-state index contributed by atoms with van der Waals surface area (Å²) in [6, 6.07) is 5.32. The third kappa shape index (κ3) is 3.48. The summed E-state index contributed by atoms with van der Waals surface area (Å²) in [5.41, 5.74) is 1.39. The van der Waals surface area contributed by atoms with Crippen molar-refractivity contribution in [3.05, 3.63) is 41.5 Å². The Kier molecular flexibility index (Phi) is 5.18. The van der Waals surface area contributed by atoms with Crippen molar-refractivity contribution in [2.75, 3.05) is 7.11 Å². The van der Waals surface area contributed by atoms with Gasteiger partial charge in [0.15, 0.2) is 0 Å². The highest BCUT2D eigenvalue weighted by Crippen LogP contribution is 2.26. The van der Waals surface area contributed by atoms with Crippen LogP contribution in [-0.2, 0) is 4.79 Å². The summed E-state index contributed by atoms with van der Waals surface area (Å²) in [6.07, 6.45) is 5.48. The molecule has 0 radical (unpaired) electrons. The van der Waals surface area contributed by atoms with E-state index in [1.807, 2.05) is 25.1 Å². The zero-order chi connectivity index (χ0) is 13.5. The first-order valence-electron chi connectivity index (χ1n) is 5.78. The fraction of sp³-hybridized carbons (Fsp3) is 0.267. The van der Waals surface area contributed by atoms with E-state index in [2.05, 4.69) is 0 Å². The molecule has 1 rings (SSSR count). The van der Waals surface area contributed by atoms with Gasteiger partial charge < -0.3 is 9.47 Å². The Bertz CT molecular complexity index is 485. The number of allylic oxidation sites excluding steroid dienone is 2. The molecular formula is C15H18O3. The number of hydrogen-bond donors (Lipinski definition) is 0. The molecule has 0 bridgehead atoms. The van der Waals surface area contributed by atoms with Gasteiger partial charge in [0.1, 0.15) is 11.5 Å². The first kappa shape index (κ1) is 14.0. The summed E-state index contributed by atoms with van der Waals surface area (Å²) in [7, 11) is 1.60. The van der Waals surface area contributed by atoms with Gasteiger partial charge in [0.2, 0.25) is 0 Å². The molecule has 0 unspecified atom stereocenters. The number of carbonyl (C=O) groups is 1. The Morgan fingerprint density at radius 1 is 1.28 bits per heavy atom. The highest BCUT2D eigenvalue weighted by atomic mass is 16.5. The van der Waals surface area contributed by atoms with Crippen molar-refractivity contribution in [3.8, 4) is 11.5 Å². The van der Waals surface area contributed by atoms with Crippen molar-refractivity contribution < 1.29 is 14.3 Å². The van der Waals surface area contributed by atoms with Crippen molar-refractivity contribution in [2.45, 2.75) is 20.8 Å². The van der Waals surface area contributed by atoms with E-state index in [0.29, 0.717) is 11.3 Å². The van der Waals surface area contributed by atoms with E-state index in [0.717, 1.165) is 11.3 Å². The van der Waals surface area contributed by atoms with E-state index in [4.69, 9.17) is 9.47 Å². The standard InChI is InChI=1S/C15H18O3/c1-5-7-12-10-13(17-4)8-9-14(12)18-15(16)11(3)6-2/h5-10H,1-4H3. The zero-order valence-corrected chi connectivity index (χ0v) is 11.2. The molecule has 0 atom stereocenters. The highest BCUT2D eigenvalue weighted by Gasteiger charge is 2.10. The minimum absolute atomic E-state index is 0.339. The largest absolute Gasteiger partial charge is 0.497 e. The molecule has 1 aromatic rings. The number of hydrogen-bond acceptors (Lipinski definition) is 3. The smallest absolute Gasteiger partial charge is 0.338 e. The van der Waals surface area contributed by atoms with Gasteiger partial charge in [-0.15, -0.1) is 0 Å². The van der Waals surface area contributed by atoms with Crippen molar-refractivity contribution in [3.63, 3.8) is 0 Å². The Hall–Kier alpha value is -2.03. The summed E-state index contributed by atoms with van der Waals surface area (Å²) < 4.78 is 10.5. The average molecular weight is 246 g/mol. The molecule has 0 heterocycles. The monoisotopic (exact) mass is 246 g/mol. The molecule has 0 spiro atoms. The third-order valence-electron chi connectivity index (χ3n) is 2.52. The summed E-state index contributed by atoms with van der Waals surface area (Å²) in [5, 5.41) is 0. The number of ether oxygens (including phenoxy) is 2. The van der Waals surface area contributed by atoms with Gasteiger partial charge in [-0.25, -0.2) is 4.79 Å². The van der Waals surface area contributed by atoms with Gasteiger partial charge in [-0.2, -0.15) is 0 Å². The van der Waals surface area contributed by atoms with Crippen molar-refractivity contribution in [1.29, 1.82) is 0 Å². The van der Waals surface area contributed by atoms with Crippen LogP contribution in [0.1, 0.15) is 26.3 Å². The fourth-order valence-corrected chi connectivity index (χ4v) is 1.35. The van der Waals surface area contributed by atoms with Crippen LogP contribution in [0.2, 0.25) is 0 Å². The van der Waals surface area contributed by atoms with E-state index < -0.39 is 0 Å². The molecule has 0 N–H and O–H groups in total. The average Bonchev–Trinajstić information content (AvgIpc) is 2.39. The van der Waals surface area contributed by atoms with Crippen LogP contribution in [0.3, 0.4) is 0 Å². The number of esters is 1. The lowest BCUT2D eigenvalue weighted by Crippen LogP contribution is -2.09. The first-order chi connectivity index (χ1) is 8.62. The molecule has 0 saturated heterocycles. The molecular weight excluding hydrogens is 228 g/mol. The van der Waals surface area contributed by atoms with Crippen LogP contribution < -0.4 is 9.47 Å². The summed E-state index contributed by atoms with van der Waals surface area (Å²) >= 11 is 0. The van der Waals surface area contributed by atoms with Crippen molar-refractivity contribution >= 4 is 12.0 Å². The van der Waals surface area contributed by atoms with Crippen LogP contribution in [0, 0.1) is 0 Å².